The number of nitrogens with one attached hydrogen (secondary N) is 2. The molecule has 0 saturated heterocycles. The lowest BCUT2D eigenvalue weighted by Gasteiger charge is -2.36. The van der Waals surface area contributed by atoms with Crippen LogP contribution >= 0.6 is 22.9 Å². The molecular weight excluding hydrogens is 420 g/mol. The third-order valence-electron chi connectivity index (χ3n) is 4.93. The Morgan fingerprint density at radius 3 is 2.93 bits per heavy atom. The number of carbonyl (C=O) groups excluding carboxylic acids is 1. The van der Waals surface area contributed by atoms with Crippen LogP contribution in [0.25, 0.3) is 10.3 Å². The number of benzene rings is 1. The van der Waals surface area contributed by atoms with E-state index in [-0.39, 0.29) is 12.3 Å². The van der Waals surface area contributed by atoms with Crippen LogP contribution in [0.3, 0.4) is 0 Å². The molecule has 0 bridgehead atoms. The van der Waals surface area contributed by atoms with Crippen LogP contribution in [0, 0.1) is 0 Å². The largest absolute Gasteiger partial charge is 0.364 e. The summed E-state index contributed by atoms with van der Waals surface area (Å²) in [7, 11) is 0. The van der Waals surface area contributed by atoms with Crippen LogP contribution in [0.1, 0.15) is 29.6 Å². The van der Waals surface area contributed by atoms with E-state index >= 15 is 0 Å². The first kappa shape index (κ1) is 19.9. The lowest BCUT2D eigenvalue weighted by molar-refractivity contribution is -0.0554. The average molecular weight is 438 g/mol. The molecule has 2 heterocycles. The number of rotatable bonds is 4. The van der Waals surface area contributed by atoms with Gasteiger partial charge in [0.2, 0.25) is 0 Å². The maximum absolute atomic E-state index is 13.9. The van der Waals surface area contributed by atoms with Crippen LogP contribution in [0.2, 0.25) is 5.02 Å². The quantitative estimate of drug-likeness (QED) is 0.557. The summed E-state index contributed by atoms with van der Waals surface area (Å²) in [5.74, 6) is -2.99. The predicted molar refractivity (Wildman–Crippen MR) is 111 cm³/mol. The van der Waals surface area contributed by atoms with Crippen LogP contribution in [0.4, 0.5) is 20.3 Å². The van der Waals surface area contributed by atoms with Crippen molar-refractivity contribution in [3.8, 4) is 0 Å². The number of halogens is 3. The lowest BCUT2D eigenvalue weighted by Crippen LogP contribution is -2.55. The number of amides is 1. The van der Waals surface area contributed by atoms with E-state index in [1.165, 1.54) is 17.5 Å². The Morgan fingerprint density at radius 1 is 1.34 bits per heavy atom. The number of para-hydroxylation sites is 1. The standard InChI is InChI=1S/C19H18ClF2N5OS/c20-11-4-1-2-5-12(11)26-17(28)10-9-29-18-15(10)27-14(8-24-18)25-13-6-3-7-19(21,22)16(13)23/h1-2,4-5,8-9,13,16H,3,6-7,23H2,(H,25,27)(H,26,28)/t13-,16-/m1/s1. The topological polar surface area (TPSA) is 92.9 Å². The zero-order valence-electron chi connectivity index (χ0n) is 15.2. The van der Waals surface area contributed by atoms with Gasteiger partial charge in [-0.25, -0.2) is 18.7 Å². The van der Waals surface area contributed by atoms with Gasteiger partial charge < -0.3 is 16.4 Å². The molecule has 0 aliphatic heterocycles. The van der Waals surface area contributed by atoms with E-state index in [9.17, 15) is 13.6 Å². The van der Waals surface area contributed by atoms with E-state index in [0.717, 1.165) is 0 Å². The van der Waals surface area contributed by atoms with Gasteiger partial charge in [0.15, 0.2) is 0 Å². The van der Waals surface area contributed by atoms with Gasteiger partial charge in [-0.3, -0.25) is 4.79 Å². The van der Waals surface area contributed by atoms with Gasteiger partial charge in [-0.05, 0) is 25.0 Å². The van der Waals surface area contributed by atoms with Crippen LogP contribution in [0.15, 0.2) is 35.8 Å². The molecule has 0 unspecified atom stereocenters. The molecule has 4 N–H and O–H groups in total. The van der Waals surface area contributed by atoms with Gasteiger partial charge in [0.05, 0.1) is 28.5 Å². The molecule has 1 fully saturated rings. The van der Waals surface area contributed by atoms with E-state index in [0.29, 0.717) is 45.3 Å². The molecule has 3 aromatic rings. The Morgan fingerprint density at radius 2 is 2.14 bits per heavy atom. The van der Waals surface area contributed by atoms with Crippen molar-refractivity contribution >= 4 is 50.7 Å². The molecular formula is C19H18ClF2N5OS. The highest BCUT2D eigenvalue weighted by Crippen LogP contribution is 2.34. The number of anilines is 2. The summed E-state index contributed by atoms with van der Waals surface area (Å²) < 4.78 is 27.8. The van der Waals surface area contributed by atoms with Crippen LogP contribution in [-0.4, -0.2) is 33.9 Å². The van der Waals surface area contributed by atoms with Gasteiger partial charge in [-0.15, -0.1) is 11.3 Å². The number of thiophene rings is 1. The fraction of sp³-hybridized carbons (Fsp3) is 0.316. The predicted octanol–water partition coefficient (Wildman–Crippen LogP) is 4.52. The summed E-state index contributed by atoms with van der Waals surface area (Å²) in [6.07, 6.45) is 2.14. The first-order valence-corrected chi connectivity index (χ1v) is 10.3. The third-order valence-corrected chi connectivity index (χ3v) is 6.13. The van der Waals surface area contributed by atoms with E-state index in [1.54, 1.807) is 29.6 Å². The van der Waals surface area contributed by atoms with E-state index in [1.807, 2.05) is 0 Å². The highest BCUT2D eigenvalue weighted by molar-refractivity contribution is 7.17. The summed E-state index contributed by atoms with van der Waals surface area (Å²) in [6, 6.07) is 4.97. The molecule has 0 spiro atoms. The van der Waals surface area contributed by atoms with Crippen molar-refractivity contribution in [1.29, 1.82) is 0 Å². The van der Waals surface area contributed by atoms with Crippen LogP contribution < -0.4 is 16.4 Å². The molecule has 6 nitrogen and oxygen atoms in total. The van der Waals surface area contributed by atoms with Crippen molar-refractivity contribution in [2.24, 2.45) is 5.73 Å². The number of nitrogens with two attached hydrogens (primary N) is 1. The van der Waals surface area contributed by atoms with Crippen LogP contribution in [-0.2, 0) is 0 Å². The first-order chi connectivity index (χ1) is 13.8. The number of hydrogen-bond donors (Lipinski definition) is 3. The van der Waals surface area contributed by atoms with Crippen molar-refractivity contribution in [3.05, 3.63) is 46.4 Å². The second-order valence-electron chi connectivity index (χ2n) is 6.92. The lowest BCUT2D eigenvalue weighted by atomic mass is 9.87. The third kappa shape index (κ3) is 4.03. The average Bonchev–Trinajstić information content (AvgIpc) is 3.11. The summed E-state index contributed by atoms with van der Waals surface area (Å²) in [4.78, 5) is 22.0. The molecule has 10 heteroatoms. The van der Waals surface area contributed by atoms with Crippen molar-refractivity contribution in [2.75, 3.05) is 10.6 Å². The highest BCUT2D eigenvalue weighted by atomic mass is 35.5. The zero-order chi connectivity index (χ0) is 20.6. The molecule has 2 atom stereocenters. The molecule has 152 valence electrons. The number of alkyl halides is 2. The van der Waals surface area contributed by atoms with Gasteiger partial charge in [-0.1, -0.05) is 23.7 Å². The second-order valence-corrected chi connectivity index (χ2v) is 8.19. The zero-order valence-corrected chi connectivity index (χ0v) is 16.7. The monoisotopic (exact) mass is 437 g/mol. The Balaban J connectivity index is 1.58. The number of nitrogens with zero attached hydrogens (tertiary/aromatic N) is 2. The first-order valence-electron chi connectivity index (χ1n) is 9.05. The molecule has 29 heavy (non-hydrogen) atoms. The van der Waals surface area contributed by atoms with E-state index < -0.39 is 18.0 Å². The Hall–Kier alpha value is -2.36. The normalized spacial score (nSPS) is 21.1. The number of hydrogen-bond acceptors (Lipinski definition) is 6. The summed E-state index contributed by atoms with van der Waals surface area (Å²) in [6.45, 7) is 0. The van der Waals surface area contributed by atoms with Crippen molar-refractivity contribution in [1.82, 2.24) is 9.97 Å². The maximum atomic E-state index is 13.9. The Kier molecular flexibility index (Phi) is 5.37. The van der Waals surface area contributed by atoms with Gasteiger partial charge in [0, 0.05) is 17.8 Å². The molecule has 1 aliphatic rings. The second kappa shape index (κ2) is 7.81. The highest BCUT2D eigenvalue weighted by Gasteiger charge is 2.44. The summed E-state index contributed by atoms with van der Waals surface area (Å²) in [5.41, 5.74) is 6.95. The number of carbonyl (C=O) groups is 1. The smallest absolute Gasteiger partial charge is 0.264 e. The molecule has 0 radical (unpaired) electrons. The van der Waals surface area contributed by atoms with Gasteiger partial charge >= 0.3 is 0 Å². The van der Waals surface area contributed by atoms with Gasteiger partial charge in [0.1, 0.15) is 16.2 Å². The number of fused-ring (bicyclic) bond motifs is 1. The molecule has 1 amide bonds. The van der Waals surface area contributed by atoms with Gasteiger partial charge in [0.25, 0.3) is 11.8 Å². The fourth-order valence-corrected chi connectivity index (χ4v) is 4.36. The van der Waals surface area contributed by atoms with Crippen LogP contribution in [0.5, 0.6) is 0 Å². The Bertz CT molecular complexity index is 1060. The summed E-state index contributed by atoms with van der Waals surface area (Å²) in [5, 5.41) is 7.79. The van der Waals surface area contributed by atoms with Gasteiger partial charge in [-0.2, -0.15) is 0 Å². The maximum Gasteiger partial charge on any atom is 0.264 e. The Labute approximate surface area is 174 Å². The molecule has 1 aliphatic carbocycles. The fourth-order valence-electron chi connectivity index (χ4n) is 3.34. The molecule has 1 saturated carbocycles. The molecule has 1 aromatic carbocycles. The molecule has 4 rings (SSSR count). The van der Waals surface area contributed by atoms with Crippen molar-refractivity contribution < 1.29 is 13.6 Å². The number of aromatic nitrogens is 2. The minimum absolute atomic E-state index is 0.214. The van der Waals surface area contributed by atoms with E-state index in [2.05, 4.69) is 20.6 Å². The minimum Gasteiger partial charge on any atom is -0.364 e. The van der Waals surface area contributed by atoms with Crippen molar-refractivity contribution in [3.63, 3.8) is 0 Å². The van der Waals surface area contributed by atoms with Crippen molar-refractivity contribution in [2.45, 2.75) is 37.3 Å². The van der Waals surface area contributed by atoms with E-state index in [4.69, 9.17) is 17.3 Å². The summed E-state index contributed by atoms with van der Waals surface area (Å²) >= 11 is 7.37. The minimum atomic E-state index is -2.92. The molecule has 2 aromatic heterocycles. The SMILES string of the molecule is N[C@@H]1[C@H](Nc2cnc3scc(C(=O)Nc4ccccc4Cl)c3n2)CCCC1(F)F.